The van der Waals surface area contributed by atoms with Crippen molar-refractivity contribution in [2.45, 2.75) is 58.8 Å². The number of rotatable bonds is 11. The molecule has 166 valence electrons. The number of carbonyl (C=O) groups is 2. The predicted molar refractivity (Wildman–Crippen MR) is 115 cm³/mol. The van der Waals surface area contributed by atoms with Gasteiger partial charge in [0.1, 0.15) is 5.75 Å². The highest BCUT2D eigenvalue weighted by Gasteiger charge is 2.37. The Kier molecular flexibility index (Phi) is 9.33. The van der Waals surface area contributed by atoms with Gasteiger partial charge in [0.25, 0.3) is 0 Å². The van der Waals surface area contributed by atoms with E-state index in [2.05, 4.69) is 5.32 Å². The van der Waals surface area contributed by atoms with Crippen LogP contribution in [-0.4, -0.2) is 54.4 Å². The molecular weight excluding hydrogens is 384 g/mol. The summed E-state index contributed by atoms with van der Waals surface area (Å²) in [5.41, 5.74) is 2.16. The summed E-state index contributed by atoms with van der Waals surface area (Å²) < 4.78 is 10.8. The molecule has 3 amide bonds. The molecular formula is C23H34N2O5. The quantitative estimate of drug-likeness (QED) is 0.425. The molecule has 0 unspecified atom stereocenters. The number of hydrogen-bond donors (Lipinski definition) is 2. The molecule has 0 radical (unpaired) electrons. The lowest BCUT2D eigenvalue weighted by Gasteiger charge is -2.25. The summed E-state index contributed by atoms with van der Waals surface area (Å²) in [5.74, 6) is 0.672. The van der Waals surface area contributed by atoms with E-state index in [1.54, 1.807) is 7.11 Å². The minimum absolute atomic E-state index is 0.0438. The van der Waals surface area contributed by atoms with E-state index in [1.165, 1.54) is 4.90 Å². The summed E-state index contributed by atoms with van der Waals surface area (Å²) in [4.78, 5) is 25.7. The van der Waals surface area contributed by atoms with Crippen molar-refractivity contribution >= 4 is 11.9 Å². The Labute approximate surface area is 179 Å². The smallest absolute Gasteiger partial charge is 0.324 e. The Hall–Kier alpha value is -2.38. The highest BCUT2D eigenvalue weighted by atomic mass is 16.5. The normalized spacial score (nSPS) is 17.9. The fraction of sp³-hybridized carbons (Fsp3) is 0.565. The third-order valence-corrected chi connectivity index (χ3v) is 5.31. The largest absolute Gasteiger partial charge is 0.497 e. The van der Waals surface area contributed by atoms with Gasteiger partial charge in [0.15, 0.2) is 0 Å². The first kappa shape index (κ1) is 23.9. The monoisotopic (exact) mass is 418 g/mol. The van der Waals surface area contributed by atoms with Gasteiger partial charge in [0.2, 0.25) is 5.91 Å². The molecule has 2 rings (SSSR count). The second-order valence-electron chi connectivity index (χ2n) is 8.07. The number of benzene rings is 1. The van der Waals surface area contributed by atoms with E-state index < -0.39 is 6.10 Å². The number of aliphatic hydroxyl groups excluding tert-OH is 1. The molecule has 1 aromatic carbocycles. The van der Waals surface area contributed by atoms with Crippen molar-refractivity contribution in [3.63, 3.8) is 0 Å². The minimum atomic E-state index is -0.776. The lowest BCUT2D eigenvalue weighted by atomic mass is 10.0. The summed E-state index contributed by atoms with van der Waals surface area (Å²) >= 11 is 0. The zero-order chi connectivity index (χ0) is 22.1. The molecule has 0 aliphatic carbocycles. The van der Waals surface area contributed by atoms with Crippen LogP contribution in [0, 0.1) is 5.92 Å². The number of nitrogens with zero attached hydrogens (tertiary/aromatic N) is 1. The van der Waals surface area contributed by atoms with Gasteiger partial charge in [-0.05, 0) is 43.4 Å². The van der Waals surface area contributed by atoms with Gasteiger partial charge in [-0.25, -0.2) is 4.79 Å². The maximum atomic E-state index is 12.5. The number of amides is 3. The average molecular weight is 419 g/mol. The first-order valence-corrected chi connectivity index (χ1v) is 10.5. The van der Waals surface area contributed by atoms with Gasteiger partial charge in [-0.2, -0.15) is 0 Å². The number of allylic oxidation sites excluding steroid dienone is 1. The molecule has 7 heteroatoms. The molecule has 1 saturated heterocycles. The summed E-state index contributed by atoms with van der Waals surface area (Å²) in [6.45, 7) is 7.40. The molecule has 1 heterocycles. The second-order valence-corrected chi connectivity index (χ2v) is 8.07. The fourth-order valence-corrected chi connectivity index (χ4v) is 3.35. The van der Waals surface area contributed by atoms with Crippen molar-refractivity contribution in [1.82, 2.24) is 10.2 Å². The summed E-state index contributed by atoms with van der Waals surface area (Å²) in [6, 6.07) is 7.22. The molecule has 0 saturated carbocycles. The fourth-order valence-electron chi connectivity index (χ4n) is 3.35. The Balaban J connectivity index is 1.69. The molecule has 0 aromatic heterocycles. The molecule has 0 spiro atoms. The second kappa shape index (κ2) is 11.7. The highest BCUT2D eigenvalue weighted by Crippen LogP contribution is 2.19. The van der Waals surface area contributed by atoms with Crippen LogP contribution in [0.2, 0.25) is 0 Å². The van der Waals surface area contributed by atoms with E-state index in [9.17, 15) is 14.7 Å². The first-order valence-electron chi connectivity index (χ1n) is 10.5. The molecule has 7 nitrogen and oxygen atoms in total. The molecule has 0 bridgehead atoms. The van der Waals surface area contributed by atoms with Crippen LogP contribution < -0.4 is 10.1 Å². The van der Waals surface area contributed by atoms with E-state index in [4.69, 9.17) is 9.47 Å². The van der Waals surface area contributed by atoms with Crippen LogP contribution in [0.1, 0.15) is 45.6 Å². The highest BCUT2D eigenvalue weighted by molar-refractivity contribution is 5.96. The number of imide groups is 1. The van der Waals surface area contributed by atoms with Gasteiger partial charge in [-0.1, -0.05) is 37.6 Å². The summed E-state index contributed by atoms with van der Waals surface area (Å²) in [5, 5.41) is 13.0. The Morgan fingerprint density at radius 1 is 1.33 bits per heavy atom. The SMILES string of the molecule is COc1ccc(COCC=C(C)CC[C@@H](O)CC(=O)N2C(=O)NC[C@H]2C(C)C)cc1. The van der Waals surface area contributed by atoms with Crippen molar-refractivity contribution in [2.24, 2.45) is 5.92 Å². The van der Waals surface area contributed by atoms with E-state index >= 15 is 0 Å². The van der Waals surface area contributed by atoms with Gasteiger partial charge in [-0.3, -0.25) is 9.69 Å². The topological polar surface area (TPSA) is 88.1 Å². The van der Waals surface area contributed by atoms with Gasteiger partial charge < -0.3 is 19.9 Å². The van der Waals surface area contributed by atoms with Crippen LogP contribution in [0.25, 0.3) is 0 Å². The van der Waals surface area contributed by atoms with Crippen molar-refractivity contribution in [2.75, 3.05) is 20.3 Å². The predicted octanol–water partition coefficient (Wildman–Crippen LogP) is 3.27. The van der Waals surface area contributed by atoms with E-state index in [-0.39, 0.29) is 30.3 Å². The van der Waals surface area contributed by atoms with Crippen LogP contribution in [0.4, 0.5) is 4.79 Å². The van der Waals surface area contributed by atoms with Crippen molar-refractivity contribution in [3.05, 3.63) is 41.5 Å². The molecule has 30 heavy (non-hydrogen) atoms. The standard InChI is InChI=1S/C23H34N2O5/c1-16(2)21-14-24-23(28)25(21)22(27)13-19(26)8-5-17(3)11-12-30-15-18-6-9-20(29-4)10-7-18/h6-7,9-11,16,19,21,26H,5,8,12-15H2,1-4H3,(H,24,28)/t19-,21+/m1/s1. The van der Waals surface area contributed by atoms with E-state index in [0.29, 0.717) is 32.6 Å². The molecule has 1 aromatic rings. The maximum Gasteiger partial charge on any atom is 0.324 e. The lowest BCUT2D eigenvalue weighted by Crippen LogP contribution is -2.43. The average Bonchev–Trinajstić information content (AvgIpc) is 3.12. The molecule has 2 N–H and O–H groups in total. The zero-order valence-corrected chi connectivity index (χ0v) is 18.4. The molecule has 1 aliphatic rings. The zero-order valence-electron chi connectivity index (χ0n) is 18.4. The Bertz CT molecular complexity index is 730. The van der Waals surface area contributed by atoms with Crippen LogP contribution in [0.3, 0.4) is 0 Å². The van der Waals surface area contributed by atoms with Crippen molar-refractivity contribution in [3.8, 4) is 5.75 Å². The third-order valence-electron chi connectivity index (χ3n) is 5.31. The van der Waals surface area contributed by atoms with Crippen molar-refractivity contribution in [1.29, 1.82) is 0 Å². The van der Waals surface area contributed by atoms with Crippen LogP contribution in [0.5, 0.6) is 5.75 Å². The molecule has 1 aliphatic heterocycles. The Morgan fingerprint density at radius 2 is 2.03 bits per heavy atom. The number of hydrogen-bond acceptors (Lipinski definition) is 5. The van der Waals surface area contributed by atoms with E-state index in [1.807, 2.05) is 51.1 Å². The van der Waals surface area contributed by atoms with Crippen LogP contribution in [0.15, 0.2) is 35.9 Å². The number of ether oxygens (including phenoxy) is 2. The summed E-state index contributed by atoms with van der Waals surface area (Å²) in [7, 11) is 1.64. The van der Waals surface area contributed by atoms with Crippen LogP contribution in [-0.2, 0) is 16.1 Å². The van der Waals surface area contributed by atoms with Gasteiger partial charge in [0.05, 0.1) is 38.9 Å². The number of aliphatic hydroxyl groups is 1. The maximum absolute atomic E-state index is 12.5. The van der Waals surface area contributed by atoms with Crippen molar-refractivity contribution < 1.29 is 24.2 Å². The van der Waals surface area contributed by atoms with Gasteiger partial charge in [-0.15, -0.1) is 0 Å². The molecule has 1 fully saturated rings. The van der Waals surface area contributed by atoms with Gasteiger partial charge >= 0.3 is 6.03 Å². The minimum Gasteiger partial charge on any atom is -0.497 e. The number of urea groups is 1. The third kappa shape index (κ3) is 7.15. The number of carbonyl (C=O) groups excluding carboxylic acids is 2. The molecule has 2 atom stereocenters. The summed E-state index contributed by atoms with van der Waals surface area (Å²) in [6.07, 6.45) is 2.30. The van der Waals surface area contributed by atoms with Gasteiger partial charge in [0, 0.05) is 6.54 Å². The van der Waals surface area contributed by atoms with E-state index in [0.717, 1.165) is 16.9 Å². The lowest BCUT2D eigenvalue weighted by molar-refractivity contribution is -0.131. The number of nitrogens with one attached hydrogen (secondary N) is 1. The number of methoxy groups -OCH3 is 1. The first-order chi connectivity index (χ1) is 14.3. The Morgan fingerprint density at radius 3 is 2.67 bits per heavy atom. The van der Waals surface area contributed by atoms with Crippen LogP contribution >= 0.6 is 0 Å².